The van der Waals surface area contributed by atoms with Crippen LogP contribution in [0.2, 0.25) is 0 Å². The zero-order valence-electron chi connectivity index (χ0n) is 9.74. The van der Waals surface area contributed by atoms with Gasteiger partial charge in [-0.1, -0.05) is 13.3 Å². The minimum Gasteiger partial charge on any atom is -0.379 e. The fourth-order valence-corrected chi connectivity index (χ4v) is 1.87. The monoisotopic (exact) mass is 214 g/mol. The van der Waals surface area contributed by atoms with Crippen LogP contribution in [0.25, 0.3) is 0 Å². The molecule has 1 fully saturated rings. The predicted octanol–water partition coefficient (Wildman–Crippen LogP) is 0.751. The number of nitrogens with zero attached hydrogens (tertiary/aromatic N) is 1. The standard InChI is InChI=1S/C11H22N2O2/c1-3-4-9(12)7-11(14)13(2)10-5-6-15-8-10/h9-10H,3-8,12H2,1-2H3. The second-order valence-electron chi connectivity index (χ2n) is 4.27. The molecule has 4 nitrogen and oxygen atoms in total. The molecule has 1 heterocycles. The molecule has 0 radical (unpaired) electrons. The van der Waals surface area contributed by atoms with Crippen LogP contribution in [0.1, 0.15) is 32.6 Å². The molecule has 0 aromatic heterocycles. The second kappa shape index (κ2) is 6.08. The van der Waals surface area contributed by atoms with Crippen LogP contribution in [0.3, 0.4) is 0 Å². The van der Waals surface area contributed by atoms with E-state index in [9.17, 15) is 4.79 Å². The highest BCUT2D eigenvalue weighted by Gasteiger charge is 2.24. The van der Waals surface area contributed by atoms with Gasteiger partial charge < -0.3 is 15.4 Å². The van der Waals surface area contributed by atoms with Crippen LogP contribution in [-0.2, 0) is 9.53 Å². The van der Waals surface area contributed by atoms with Gasteiger partial charge in [-0.05, 0) is 12.8 Å². The van der Waals surface area contributed by atoms with E-state index < -0.39 is 0 Å². The number of carbonyl (C=O) groups is 1. The van der Waals surface area contributed by atoms with Crippen LogP contribution in [0.4, 0.5) is 0 Å². The summed E-state index contributed by atoms with van der Waals surface area (Å²) in [7, 11) is 1.85. The number of hydrogen-bond acceptors (Lipinski definition) is 3. The van der Waals surface area contributed by atoms with Gasteiger partial charge in [-0.3, -0.25) is 4.79 Å². The van der Waals surface area contributed by atoms with Gasteiger partial charge in [0.15, 0.2) is 0 Å². The Morgan fingerprint density at radius 3 is 2.93 bits per heavy atom. The summed E-state index contributed by atoms with van der Waals surface area (Å²) in [6.07, 6.45) is 3.36. The lowest BCUT2D eigenvalue weighted by molar-refractivity contribution is -0.132. The fourth-order valence-electron chi connectivity index (χ4n) is 1.87. The lowest BCUT2D eigenvalue weighted by Gasteiger charge is -2.24. The smallest absolute Gasteiger partial charge is 0.224 e. The Hall–Kier alpha value is -0.610. The molecule has 1 aliphatic heterocycles. The number of ether oxygens (including phenoxy) is 1. The van der Waals surface area contributed by atoms with E-state index >= 15 is 0 Å². The van der Waals surface area contributed by atoms with Crippen molar-refractivity contribution in [3.05, 3.63) is 0 Å². The summed E-state index contributed by atoms with van der Waals surface area (Å²) in [6.45, 7) is 3.52. The average Bonchev–Trinajstić information content (AvgIpc) is 2.69. The molecule has 15 heavy (non-hydrogen) atoms. The van der Waals surface area contributed by atoms with Gasteiger partial charge in [0.05, 0.1) is 12.6 Å². The van der Waals surface area contributed by atoms with E-state index in [2.05, 4.69) is 6.92 Å². The van der Waals surface area contributed by atoms with Crippen LogP contribution >= 0.6 is 0 Å². The van der Waals surface area contributed by atoms with Crippen LogP contribution in [0.15, 0.2) is 0 Å². The first kappa shape index (κ1) is 12.5. The van der Waals surface area contributed by atoms with Gasteiger partial charge in [0.25, 0.3) is 0 Å². The summed E-state index contributed by atoms with van der Waals surface area (Å²) >= 11 is 0. The minimum absolute atomic E-state index is 0.00673. The Labute approximate surface area is 91.8 Å². The highest BCUT2D eigenvalue weighted by Crippen LogP contribution is 2.12. The zero-order chi connectivity index (χ0) is 11.3. The molecular weight excluding hydrogens is 192 g/mol. The van der Waals surface area contributed by atoms with E-state index in [0.717, 1.165) is 25.9 Å². The topological polar surface area (TPSA) is 55.6 Å². The van der Waals surface area contributed by atoms with E-state index in [1.807, 2.05) is 7.05 Å². The van der Waals surface area contributed by atoms with Crippen LogP contribution in [0, 0.1) is 0 Å². The SMILES string of the molecule is CCCC(N)CC(=O)N(C)C1CCOC1. The van der Waals surface area contributed by atoms with Gasteiger partial charge in [0, 0.05) is 26.1 Å². The van der Waals surface area contributed by atoms with Crippen LogP contribution < -0.4 is 5.73 Å². The zero-order valence-corrected chi connectivity index (χ0v) is 9.74. The molecule has 1 amide bonds. The number of hydrogen-bond donors (Lipinski definition) is 1. The molecule has 0 saturated carbocycles. The maximum absolute atomic E-state index is 11.8. The van der Waals surface area contributed by atoms with Crippen molar-refractivity contribution in [3.63, 3.8) is 0 Å². The summed E-state index contributed by atoms with van der Waals surface area (Å²) in [4.78, 5) is 13.6. The first-order valence-corrected chi connectivity index (χ1v) is 5.74. The maximum Gasteiger partial charge on any atom is 0.224 e. The van der Waals surface area contributed by atoms with Gasteiger partial charge in [-0.15, -0.1) is 0 Å². The second-order valence-corrected chi connectivity index (χ2v) is 4.27. The summed E-state index contributed by atoms with van der Waals surface area (Å²) in [5, 5.41) is 0. The Bertz CT molecular complexity index is 203. The molecule has 2 atom stereocenters. The highest BCUT2D eigenvalue weighted by molar-refractivity contribution is 5.76. The summed E-state index contributed by atoms with van der Waals surface area (Å²) < 4.78 is 5.26. The average molecular weight is 214 g/mol. The van der Waals surface area contributed by atoms with E-state index in [0.29, 0.717) is 13.0 Å². The van der Waals surface area contributed by atoms with Crippen molar-refractivity contribution in [2.75, 3.05) is 20.3 Å². The van der Waals surface area contributed by atoms with Gasteiger partial charge in [-0.2, -0.15) is 0 Å². The number of nitrogens with two attached hydrogens (primary N) is 1. The molecule has 88 valence electrons. The number of rotatable bonds is 5. The first-order valence-electron chi connectivity index (χ1n) is 5.74. The Morgan fingerprint density at radius 1 is 1.67 bits per heavy atom. The Balaban J connectivity index is 2.31. The quantitative estimate of drug-likeness (QED) is 0.735. The molecule has 1 saturated heterocycles. The lowest BCUT2D eigenvalue weighted by atomic mass is 10.1. The van der Waals surface area contributed by atoms with Crippen molar-refractivity contribution >= 4 is 5.91 Å². The molecule has 1 aliphatic rings. The maximum atomic E-state index is 11.8. The van der Waals surface area contributed by atoms with Crippen molar-refractivity contribution in [1.29, 1.82) is 0 Å². The highest BCUT2D eigenvalue weighted by atomic mass is 16.5. The van der Waals surface area contributed by atoms with Crippen LogP contribution in [-0.4, -0.2) is 43.2 Å². The molecule has 0 bridgehead atoms. The molecule has 0 aromatic rings. The van der Waals surface area contributed by atoms with Crippen molar-refractivity contribution < 1.29 is 9.53 Å². The number of carbonyl (C=O) groups excluding carboxylic acids is 1. The first-order chi connectivity index (χ1) is 7.15. The third-order valence-electron chi connectivity index (χ3n) is 2.94. The van der Waals surface area contributed by atoms with Gasteiger partial charge >= 0.3 is 0 Å². The third kappa shape index (κ3) is 3.80. The lowest BCUT2D eigenvalue weighted by Crippen LogP contribution is -2.40. The van der Waals surface area contributed by atoms with Gasteiger partial charge in [0.2, 0.25) is 5.91 Å². The molecule has 1 rings (SSSR count). The van der Waals surface area contributed by atoms with Crippen molar-refractivity contribution in [2.45, 2.75) is 44.7 Å². The van der Waals surface area contributed by atoms with Crippen molar-refractivity contribution in [1.82, 2.24) is 4.90 Å². The fraction of sp³-hybridized carbons (Fsp3) is 0.909. The van der Waals surface area contributed by atoms with Gasteiger partial charge in [0.1, 0.15) is 0 Å². The molecule has 2 unspecified atom stereocenters. The number of likely N-dealkylation sites (N-methyl/N-ethyl adjacent to an activating group) is 1. The van der Waals surface area contributed by atoms with Crippen molar-refractivity contribution in [3.8, 4) is 0 Å². The summed E-state index contributed by atoms with van der Waals surface area (Å²) in [5.74, 6) is 0.145. The molecule has 0 aromatic carbocycles. The van der Waals surface area contributed by atoms with Crippen molar-refractivity contribution in [2.24, 2.45) is 5.73 Å². The molecule has 0 aliphatic carbocycles. The molecular formula is C11H22N2O2. The summed E-state index contributed by atoms with van der Waals surface area (Å²) in [6, 6.07) is 0.263. The third-order valence-corrected chi connectivity index (χ3v) is 2.94. The van der Waals surface area contributed by atoms with E-state index in [1.165, 1.54) is 0 Å². The number of amides is 1. The minimum atomic E-state index is 0.00673. The van der Waals surface area contributed by atoms with E-state index in [4.69, 9.17) is 10.5 Å². The van der Waals surface area contributed by atoms with Crippen LogP contribution in [0.5, 0.6) is 0 Å². The van der Waals surface area contributed by atoms with E-state index in [-0.39, 0.29) is 18.0 Å². The molecule has 2 N–H and O–H groups in total. The molecule has 0 spiro atoms. The normalized spacial score (nSPS) is 22.7. The van der Waals surface area contributed by atoms with E-state index in [1.54, 1.807) is 4.90 Å². The largest absolute Gasteiger partial charge is 0.379 e. The van der Waals surface area contributed by atoms with Gasteiger partial charge in [-0.25, -0.2) is 0 Å². The Kier molecular flexibility index (Phi) is 5.05. The molecule has 4 heteroatoms. The predicted molar refractivity (Wildman–Crippen MR) is 59.5 cm³/mol. The summed E-state index contributed by atoms with van der Waals surface area (Å²) in [5.41, 5.74) is 5.84. The Morgan fingerprint density at radius 2 is 2.40 bits per heavy atom.